The molecule has 4 atom stereocenters. The van der Waals surface area contributed by atoms with E-state index in [1.807, 2.05) is 18.2 Å². The van der Waals surface area contributed by atoms with Gasteiger partial charge in [0.1, 0.15) is 8.62 Å². The van der Waals surface area contributed by atoms with Crippen LogP contribution in [0.25, 0.3) is 0 Å². The summed E-state index contributed by atoms with van der Waals surface area (Å²) < 4.78 is 43.3. The number of hydrogen-bond donors (Lipinski definition) is 0. The number of hydrogen-bond acceptors (Lipinski definition) is 10. The molecule has 15 heteroatoms. The third-order valence-electron chi connectivity index (χ3n) is 1.21. The minimum atomic E-state index is -3.24. The van der Waals surface area contributed by atoms with Gasteiger partial charge in [0.2, 0.25) is 0 Å². The second-order valence-corrected chi connectivity index (χ2v) is 5.81. The van der Waals surface area contributed by atoms with Gasteiger partial charge in [-0.25, -0.2) is 0 Å². The fourth-order valence-electron chi connectivity index (χ4n) is 0.643. The molecule has 0 aromatic heterocycles. The molecule has 0 N–H and O–H groups in total. The predicted octanol–water partition coefficient (Wildman–Crippen LogP) is 0.0693. The Kier molecular flexibility index (Phi) is 21.3. The first-order valence-corrected chi connectivity index (χ1v) is 8.98. The summed E-state index contributed by atoms with van der Waals surface area (Å²) in [7, 11) is -12.9. The van der Waals surface area contributed by atoms with E-state index in [9.17, 15) is 37.8 Å². The van der Waals surface area contributed by atoms with Crippen molar-refractivity contribution in [2.24, 2.45) is 0 Å². The Morgan fingerprint density at radius 2 is 1.00 bits per heavy atom. The van der Waals surface area contributed by atoms with Crippen molar-refractivity contribution >= 4 is 33.0 Å². The molecule has 0 aliphatic carbocycles. The standard InChI is InChI=1S/C7H8.Mo.2O5P2/c1-7-5-3-2-4-6-7;;2*1-6(2)5-7(3)4/h2-6H,1H3;;;/q;+4;;. The van der Waals surface area contributed by atoms with Gasteiger partial charge < -0.3 is 19.6 Å². The summed E-state index contributed by atoms with van der Waals surface area (Å²) in [6.07, 6.45) is 0. The van der Waals surface area contributed by atoms with Crippen molar-refractivity contribution in [1.82, 2.24) is 0 Å². The average molecular weight is 472 g/mol. The van der Waals surface area contributed by atoms with Crippen molar-refractivity contribution < 1.29 is 67.5 Å². The van der Waals surface area contributed by atoms with Crippen LogP contribution in [0.1, 0.15) is 5.56 Å². The fraction of sp³-hybridized carbons (Fsp3) is 0.143. The van der Waals surface area contributed by atoms with E-state index in [0.717, 1.165) is 0 Å². The Morgan fingerprint density at radius 3 is 1.09 bits per heavy atom. The SMILES string of the molecule is Cc1ccccc1.O=[P+]([O-])O[P+](=O)[O-].O=[P+]([O-])O[P+](=O)[O-].[Mo+4]. The molecule has 0 radical (unpaired) electrons. The summed E-state index contributed by atoms with van der Waals surface area (Å²) in [6, 6.07) is 10.3. The van der Waals surface area contributed by atoms with E-state index in [1.165, 1.54) is 5.56 Å². The van der Waals surface area contributed by atoms with Gasteiger partial charge >= 0.3 is 54.1 Å². The minimum absolute atomic E-state index is 0. The van der Waals surface area contributed by atoms with Gasteiger partial charge in [0.05, 0.1) is 0 Å². The van der Waals surface area contributed by atoms with E-state index in [2.05, 4.69) is 27.7 Å². The quantitative estimate of drug-likeness (QED) is 0.430. The summed E-state index contributed by atoms with van der Waals surface area (Å²) in [5.41, 5.74) is 1.32. The second kappa shape index (κ2) is 17.4. The molecule has 0 amide bonds. The molecule has 10 nitrogen and oxygen atoms in total. The van der Waals surface area contributed by atoms with Crippen LogP contribution in [0.15, 0.2) is 30.3 Å². The Labute approximate surface area is 143 Å². The van der Waals surface area contributed by atoms with Gasteiger partial charge in [-0.1, -0.05) is 35.9 Å². The molecule has 0 aliphatic heterocycles. The molecular weight excluding hydrogens is 464 g/mol. The molecular formula is C7H8MoO10P4+4. The summed E-state index contributed by atoms with van der Waals surface area (Å²) in [5, 5.41) is 0. The van der Waals surface area contributed by atoms with Crippen molar-refractivity contribution in [3.8, 4) is 0 Å². The smallest absolute Gasteiger partial charge is 0.563 e. The van der Waals surface area contributed by atoms with Crippen LogP contribution >= 0.6 is 33.0 Å². The largest absolute Gasteiger partial charge is 4.00 e. The Bertz CT molecular complexity index is 433. The molecule has 0 bridgehead atoms. The maximum Gasteiger partial charge on any atom is 4.00 e. The maximum atomic E-state index is 9.24. The third kappa shape index (κ3) is 28.3. The van der Waals surface area contributed by atoms with Gasteiger partial charge in [-0.3, -0.25) is 0 Å². The van der Waals surface area contributed by atoms with E-state index in [-0.39, 0.29) is 21.1 Å². The average Bonchev–Trinajstić information content (AvgIpc) is 2.27. The third-order valence-corrected chi connectivity index (χ3v) is 3.34. The van der Waals surface area contributed by atoms with Gasteiger partial charge in [0, 0.05) is 0 Å². The van der Waals surface area contributed by atoms with Crippen molar-refractivity contribution in [2.45, 2.75) is 6.92 Å². The minimum Gasteiger partial charge on any atom is -0.563 e. The Balaban J connectivity index is -0.000000241. The monoisotopic (exact) mass is 474 g/mol. The van der Waals surface area contributed by atoms with Crippen LogP contribution in [0.2, 0.25) is 0 Å². The van der Waals surface area contributed by atoms with E-state index < -0.39 is 33.0 Å². The van der Waals surface area contributed by atoms with Gasteiger partial charge in [0.25, 0.3) is 0 Å². The predicted molar refractivity (Wildman–Crippen MR) is 63.8 cm³/mol. The van der Waals surface area contributed by atoms with Crippen LogP contribution in [-0.4, -0.2) is 0 Å². The molecule has 0 spiro atoms. The Morgan fingerprint density at radius 1 is 0.727 bits per heavy atom. The molecule has 0 saturated heterocycles. The number of aryl methyl sites for hydroxylation is 1. The van der Waals surface area contributed by atoms with Crippen molar-refractivity contribution in [2.75, 3.05) is 0 Å². The van der Waals surface area contributed by atoms with E-state index in [4.69, 9.17) is 0 Å². The normalized spacial score (nSPS) is 11.3. The van der Waals surface area contributed by atoms with Crippen LogP contribution in [0, 0.1) is 6.92 Å². The van der Waals surface area contributed by atoms with E-state index in [1.54, 1.807) is 0 Å². The van der Waals surface area contributed by atoms with Crippen LogP contribution in [0.3, 0.4) is 0 Å². The van der Waals surface area contributed by atoms with Crippen molar-refractivity contribution in [3.63, 3.8) is 0 Å². The molecule has 1 aromatic rings. The zero-order valence-corrected chi connectivity index (χ0v) is 16.3. The van der Waals surface area contributed by atoms with Crippen LogP contribution in [-0.2, 0) is 47.9 Å². The Hall–Kier alpha value is 0.0683. The summed E-state index contributed by atoms with van der Waals surface area (Å²) in [5.74, 6) is 0. The number of rotatable bonds is 4. The van der Waals surface area contributed by atoms with Gasteiger partial charge in [-0.2, -0.15) is 0 Å². The van der Waals surface area contributed by atoms with Gasteiger partial charge in [0.15, 0.2) is 0 Å². The fourth-order valence-corrected chi connectivity index (χ4v) is 1.51. The van der Waals surface area contributed by atoms with Crippen LogP contribution in [0.5, 0.6) is 0 Å². The van der Waals surface area contributed by atoms with Gasteiger partial charge in [-0.05, 0) is 25.2 Å². The maximum absolute atomic E-state index is 9.24. The van der Waals surface area contributed by atoms with E-state index >= 15 is 0 Å². The second-order valence-electron chi connectivity index (χ2n) is 2.71. The zero-order valence-electron chi connectivity index (χ0n) is 10.7. The topological polar surface area (TPSA) is 179 Å². The molecule has 22 heavy (non-hydrogen) atoms. The molecule has 118 valence electrons. The first-order valence-electron chi connectivity index (χ1n) is 4.60. The summed E-state index contributed by atoms with van der Waals surface area (Å²) >= 11 is 0. The van der Waals surface area contributed by atoms with Crippen molar-refractivity contribution in [3.05, 3.63) is 35.9 Å². The van der Waals surface area contributed by atoms with Crippen molar-refractivity contribution in [1.29, 1.82) is 0 Å². The molecule has 0 aliphatic rings. The van der Waals surface area contributed by atoms with E-state index in [0.29, 0.717) is 0 Å². The molecule has 0 saturated carbocycles. The van der Waals surface area contributed by atoms with Gasteiger partial charge in [-0.15, -0.1) is 0 Å². The first-order chi connectivity index (χ1) is 9.65. The van der Waals surface area contributed by atoms with Crippen LogP contribution in [0.4, 0.5) is 0 Å². The molecule has 4 unspecified atom stereocenters. The first kappa shape index (κ1) is 26.9. The zero-order chi connectivity index (χ0) is 16.8. The number of benzene rings is 1. The van der Waals surface area contributed by atoms with Crippen LogP contribution < -0.4 is 19.6 Å². The molecule has 1 aromatic carbocycles. The molecule has 1 rings (SSSR count). The molecule has 0 fully saturated rings. The summed E-state index contributed by atoms with van der Waals surface area (Å²) in [6.45, 7) is 2.08. The molecule has 0 heterocycles. The summed E-state index contributed by atoms with van der Waals surface area (Å²) in [4.78, 5) is 37.0.